The zero-order valence-electron chi connectivity index (χ0n) is 16.1. The second-order valence-corrected chi connectivity index (χ2v) is 9.42. The van der Waals surface area contributed by atoms with Crippen molar-refractivity contribution in [1.29, 1.82) is 0 Å². The fourth-order valence-electron chi connectivity index (χ4n) is 4.59. The molecule has 3 heterocycles. The van der Waals surface area contributed by atoms with Gasteiger partial charge in [-0.2, -0.15) is 13.5 Å². The van der Waals surface area contributed by atoms with Crippen LogP contribution in [0.25, 0.3) is 0 Å². The number of fused-ring (bicyclic) bond motifs is 2. The van der Waals surface area contributed by atoms with Gasteiger partial charge in [-0.1, -0.05) is 12.1 Å². The molecule has 148 valence electrons. The van der Waals surface area contributed by atoms with Gasteiger partial charge in [0.15, 0.2) is 5.84 Å². The molecule has 0 saturated carbocycles. The van der Waals surface area contributed by atoms with Crippen LogP contribution in [0.3, 0.4) is 0 Å². The summed E-state index contributed by atoms with van der Waals surface area (Å²) in [5.41, 5.74) is 4.81. The Morgan fingerprint density at radius 3 is 2.61 bits per heavy atom. The lowest BCUT2D eigenvalue weighted by Crippen LogP contribution is -2.48. The summed E-state index contributed by atoms with van der Waals surface area (Å²) in [5, 5.41) is 4.73. The standard InChI is InChI=1S/C20H25N5O2S/c1-23-18(15-6-2-4-8-17(15)21-23)14-24-10-12-25(13-11-24)20-16-7-3-5-9-19(16)28(26,27)22-20/h3,5,7,9H,2,4,6,8,10-14H2,1H3. The van der Waals surface area contributed by atoms with Gasteiger partial charge in [0.05, 0.1) is 11.4 Å². The van der Waals surface area contributed by atoms with E-state index >= 15 is 0 Å². The van der Waals surface area contributed by atoms with E-state index < -0.39 is 10.0 Å². The van der Waals surface area contributed by atoms with Gasteiger partial charge in [0.1, 0.15) is 4.90 Å². The molecule has 1 saturated heterocycles. The molecule has 28 heavy (non-hydrogen) atoms. The lowest BCUT2D eigenvalue weighted by molar-refractivity contribution is 0.172. The lowest BCUT2D eigenvalue weighted by Gasteiger charge is -2.36. The first-order valence-corrected chi connectivity index (χ1v) is 11.4. The van der Waals surface area contributed by atoms with E-state index in [1.165, 1.54) is 29.8 Å². The number of aromatic nitrogens is 2. The molecule has 0 bridgehead atoms. The minimum absolute atomic E-state index is 0.328. The summed E-state index contributed by atoms with van der Waals surface area (Å²) >= 11 is 0. The summed E-state index contributed by atoms with van der Waals surface area (Å²) < 4.78 is 30.8. The molecular formula is C20H25N5O2S. The van der Waals surface area contributed by atoms with Crippen LogP contribution in [-0.2, 0) is 36.5 Å². The van der Waals surface area contributed by atoms with Crippen LogP contribution in [0, 0.1) is 0 Å². The minimum atomic E-state index is -3.55. The fourth-order valence-corrected chi connectivity index (χ4v) is 5.82. The van der Waals surface area contributed by atoms with E-state index in [9.17, 15) is 8.42 Å². The smallest absolute Gasteiger partial charge is 0.285 e. The molecule has 0 atom stereocenters. The average molecular weight is 400 g/mol. The third-order valence-electron chi connectivity index (χ3n) is 6.11. The fraction of sp³-hybridized carbons (Fsp3) is 0.500. The van der Waals surface area contributed by atoms with Crippen molar-refractivity contribution in [3.63, 3.8) is 0 Å². The minimum Gasteiger partial charge on any atom is -0.353 e. The SMILES string of the molecule is Cn1nc2c(c1CN1CCN(C3=NS(=O)(=O)c4ccccc43)CC1)CCCC2. The maximum atomic E-state index is 12.3. The van der Waals surface area contributed by atoms with Gasteiger partial charge in [0, 0.05) is 45.3 Å². The van der Waals surface area contributed by atoms with Crippen LogP contribution in [0.2, 0.25) is 0 Å². The summed E-state index contributed by atoms with van der Waals surface area (Å²) in [7, 11) is -1.50. The number of benzene rings is 1. The number of sulfonamides is 1. The van der Waals surface area contributed by atoms with E-state index in [4.69, 9.17) is 5.10 Å². The maximum absolute atomic E-state index is 12.3. The average Bonchev–Trinajstić information content (AvgIpc) is 3.16. The van der Waals surface area contributed by atoms with Gasteiger partial charge in [-0.25, -0.2) is 0 Å². The molecule has 0 unspecified atom stereocenters. The Bertz CT molecular complexity index is 1050. The summed E-state index contributed by atoms with van der Waals surface area (Å²) in [4.78, 5) is 4.88. The normalized spacial score (nSPS) is 21.3. The number of nitrogens with zero attached hydrogens (tertiary/aromatic N) is 5. The number of hydrogen-bond donors (Lipinski definition) is 0. The molecule has 1 fully saturated rings. The van der Waals surface area contributed by atoms with E-state index in [-0.39, 0.29) is 0 Å². The molecular weight excluding hydrogens is 374 g/mol. The molecule has 0 amide bonds. The van der Waals surface area contributed by atoms with E-state index in [0.29, 0.717) is 10.7 Å². The van der Waals surface area contributed by atoms with Crippen molar-refractivity contribution in [2.45, 2.75) is 37.1 Å². The highest BCUT2D eigenvalue weighted by atomic mass is 32.2. The number of rotatable bonds is 2. The number of hydrogen-bond acceptors (Lipinski definition) is 5. The summed E-state index contributed by atoms with van der Waals surface area (Å²) in [6.07, 6.45) is 4.75. The molecule has 1 aliphatic carbocycles. The van der Waals surface area contributed by atoms with Crippen LogP contribution in [0.1, 0.15) is 35.4 Å². The van der Waals surface area contributed by atoms with Crippen LogP contribution in [-0.4, -0.2) is 60.0 Å². The molecule has 1 aromatic carbocycles. The largest absolute Gasteiger partial charge is 0.353 e. The van der Waals surface area contributed by atoms with E-state index in [2.05, 4.69) is 25.9 Å². The second-order valence-electron chi connectivity index (χ2n) is 7.85. The Morgan fingerprint density at radius 2 is 1.79 bits per heavy atom. The highest BCUT2D eigenvalue weighted by Crippen LogP contribution is 2.28. The highest BCUT2D eigenvalue weighted by Gasteiger charge is 2.33. The zero-order valence-corrected chi connectivity index (χ0v) is 17.0. The van der Waals surface area contributed by atoms with Crippen molar-refractivity contribution in [3.8, 4) is 0 Å². The first kappa shape index (κ1) is 17.9. The van der Waals surface area contributed by atoms with E-state index in [0.717, 1.165) is 51.1 Å². The predicted octanol–water partition coefficient (Wildman–Crippen LogP) is 1.57. The first-order valence-electron chi connectivity index (χ1n) is 9.98. The lowest BCUT2D eigenvalue weighted by atomic mass is 9.95. The third-order valence-corrected chi connectivity index (χ3v) is 7.43. The summed E-state index contributed by atoms with van der Waals surface area (Å²) in [6.45, 7) is 4.25. The van der Waals surface area contributed by atoms with Crippen molar-refractivity contribution in [2.75, 3.05) is 26.2 Å². The van der Waals surface area contributed by atoms with Crippen molar-refractivity contribution in [3.05, 3.63) is 46.8 Å². The number of amidine groups is 1. The van der Waals surface area contributed by atoms with Crippen LogP contribution in [0.15, 0.2) is 33.6 Å². The molecule has 0 radical (unpaired) electrons. The highest BCUT2D eigenvalue weighted by molar-refractivity contribution is 7.90. The Balaban J connectivity index is 1.30. The van der Waals surface area contributed by atoms with Gasteiger partial charge in [0.2, 0.25) is 0 Å². The van der Waals surface area contributed by atoms with Gasteiger partial charge in [-0.05, 0) is 43.4 Å². The van der Waals surface area contributed by atoms with Gasteiger partial charge >= 0.3 is 0 Å². The van der Waals surface area contributed by atoms with Crippen molar-refractivity contribution in [1.82, 2.24) is 19.6 Å². The van der Waals surface area contributed by atoms with Crippen LogP contribution >= 0.6 is 0 Å². The van der Waals surface area contributed by atoms with Gasteiger partial charge in [0.25, 0.3) is 10.0 Å². The molecule has 2 aromatic rings. The topological polar surface area (TPSA) is 70.8 Å². The molecule has 3 aliphatic rings. The third kappa shape index (κ3) is 2.95. The Hall–Kier alpha value is -2.19. The summed E-state index contributed by atoms with van der Waals surface area (Å²) in [5.74, 6) is 0.605. The first-order chi connectivity index (χ1) is 13.5. The van der Waals surface area contributed by atoms with Crippen LogP contribution in [0.5, 0.6) is 0 Å². The summed E-state index contributed by atoms with van der Waals surface area (Å²) in [6, 6.07) is 7.12. The molecule has 0 N–H and O–H groups in total. The zero-order chi connectivity index (χ0) is 19.3. The number of piperazine rings is 1. The quantitative estimate of drug-likeness (QED) is 0.767. The molecule has 1 aromatic heterocycles. The Labute approximate surface area is 165 Å². The van der Waals surface area contributed by atoms with Crippen LogP contribution < -0.4 is 0 Å². The number of aryl methyl sites for hydroxylation is 2. The Morgan fingerprint density at radius 1 is 1.04 bits per heavy atom. The van der Waals surface area contributed by atoms with Crippen molar-refractivity contribution >= 4 is 15.9 Å². The van der Waals surface area contributed by atoms with Gasteiger partial charge in [-0.3, -0.25) is 9.58 Å². The molecule has 5 rings (SSSR count). The van der Waals surface area contributed by atoms with Crippen LogP contribution in [0.4, 0.5) is 0 Å². The van der Waals surface area contributed by atoms with Gasteiger partial charge < -0.3 is 4.90 Å². The van der Waals surface area contributed by atoms with E-state index in [1.807, 2.05) is 12.1 Å². The molecule has 0 spiro atoms. The maximum Gasteiger partial charge on any atom is 0.285 e. The Kier molecular flexibility index (Phi) is 4.28. The van der Waals surface area contributed by atoms with E-state index in [1.54, 1.807) is 12.1 Å². The molecule has 2 aliphatic heterocycles. The second kappa shape index (κ2) is 6.70. The monoisotopic (exact) mass is 399 g/mol. The molecule has 8 heteroatoms. The van der Waals surface area contributed by atoms with Crippen molar-refractivity contribution in [2.24, 2.45) is 11.4 Å². The predicted molar refractivity (Wildman–Crippen MR) is 107 cm³/mol. The van der Waals surface area contributed by atoms with Gasteiger partial charge in [-0.15, -0.1) is 4.40 Å². The van der Waals surface area contributed by atoms with Crippen molar-refractivity contribution < 1.29 is 8.42 Å². The molecule has 7 nitrogen and oxygen atoms in total.